The predicted molar refractivity (Wildman–Crippen MR) is 85.9 cm³/mol. The maximum Gasteiger partial charge on any atom is 0.248 e. The second-order valence-corrected chi connectivity index (χ2v) is 6.75. The molecular weight excluding hydrogens is 294 g/mol. The zero-order valence-electron chi connectivity index (χ0n) is 13.9. The van der Waals surface area contributed by atoms with E-state index < -0.39 is 0 Å². The van der Waals surface area contributed by atoms with Crippen molar-refractivity contribution in [1.82, 2.24) is 14.8 Å². The van der Waals surface area contributed by atoms with Crippen molar-refractivity contribution in [1.29, 1.82) is 0 Å². The van der Waals surface area contributed by atoms with Crippen molar-refractivity contribution >= 4 is 5.91 Å². The van der Waals surface area contributed by atoms with Crippen molar-refractivity contribution in [3.63, 3.8) is 0 Å². The Bertz CT molecular complexity index is 529. The van der Waals surface area contributed by atoms with Crippen molar-refractivity contribution < 1.29 is 14.3 Å². The molecule has 6 heteroatoms. The van der Waals surface area contributed by atoms with Gasteiger partial charge in [-0.05, 0) is 24.1 Å². The van der Waals surface area contributed by atoms with Gasteiger partial charge in [-0.15, -0.1) is 0 Å². The highest BCUT2D eigenvalue weighted by Crippen LogP contribution is 2.36. The summed E-state index contributed by atoms with van der Waals surface area (Å²) in [4.78, 5) is 19.6. The highest BCUT2D eigenvalue weighted by atomic mass is 16.5. The Labute approximate surface area is 137 Å². The molecule has 2 aliphatic heterocycles. The Morgan fingerprint density at radius 1 is 1.43 bits per heavy atom. The molecule has 3 rings (SSSR count). The lowest BCUT2D eigenvalue weighted by molar-refractivity contribution is -0.200. The van der Waals surface area contributed by atoms with Crippen LogP contribution in [0, 0.1) is 0 Å². The molecular formula is C17H25N3O3. The average Bonchev–Trinajstić information content (AvgIpc) is 2.52. The molecule has 0 aromatic carbocycles. The van der Waals surface area contributed by atoms with Gasteiger partial charge in [0.25, 0.3) is 0 Å². The van der Waals surface area contributed by atoms with Gasteiger partial charge in [-0.3, -0.25) is 14.7 Å². The minimum Gasteiger partial charge on any atom is -0.372 e. The van der Waals surface area contributed by atoms with Crippen molar-refractivity contribution in [3.8, 4) is 0 Å². The molecule has 0 N–H and O–H groups in total. The van der Waals surface area contributed by atoms with Crippen molar-refractivity contribution in [2.75, 3.05) is 40.4 Å². The lowest BCUT2D eigenvalue weighted by Gasteiger charge is -2.53. The van der Waals surface area contributed by atoms with E-state index in [0.29, 0.717) is 6.61 Å². The van der Waals surface area contributed by atoms with Gasteiger partial charge in [-0.1, -0.05) is 0 Å². The van der Waals surface area contributed by atoms with Crippen molar-refractivity contribution in [3.05, 3.63) is 30.1 Å². The zero-order valence-corrected chi connectivity index (χ0v) is 13.9. The van der Waals surface area contributed by atoms with E-state index in [-0.39, 0.29) is 24.2 Å². The maximum absolute atomic E-state index is 11.6. The van der Waals surface area contributed by atoms with E-state index in [9.17, 15) is 4.79 Å². The quantitative estimate of drug-likeness (QED) is 0.808. The van der Waals surface area contributed by atoms with Crippen LogP contribution in [0.2, 0.25) is 0 Å². The fourth-order valence-electron chi connectivity index (χ4n) is 3.29. The average molecular weight is 319 g/mol. The summed E-state index contributed by atoms with van der Waals surface area (Å²) in [6.07, 6.45) is 5.52. The number of likely N-dealkylation sites (N-methyl/N-ethyl adjacent to an activating group) is 1. The molecule has 3 heterocycles. The highest BCUT2D eigenvalue weighted by Gasteiger charge is 2.47. The van der Waals surface area contributed by atoms with Crippen LogP contribution in [0.1, 0.15) is 18.4 Å². The molecule has 2 saturated heterocycles. The molecule has 126 valence electrons. The molecule has 0 aliphatic carbocycles. The zero-order chi connectivity index (χ0) is 16.3. The van der Waals surface area contributed by atoms with E-state index in [4.69, 9.17) is 9.47 Å². The predicted octanol–water partition coefficient (Wildman–Crippen LogP) is 0.920. The van der Waals surface area contributed by atoms with Crippen molar-refractivity contribution in [2.45, 2.75) is 31.1 Å². The first-order valence-corrected chi connectivity index (χ1v) is 8.13. The summed E-state index contributed by atoms with van der Waals surface area (Å²) in [7, 11) is 3.50. The van der Waals surface area contributed by atoms with E-state index in [2.05, 4.69) is 9.88 Å². The number of hydrogen-bond donors (Lipinski definition) is 0. The molecule has 1 amide bonds. The molecule has 1 aromatic heterocycles. The summed E-state index contributed by atoms with van der Waals surface area (Å²) in [5.41, 5.74) is 1.19. The minimum atomic E-state index is -0.0862. The standard InChI is InChI=1S/C17H25N3O3/c1-19(2)16(21)11-22-15-5-8-23-17(9-15)12-20(13-17)10-14-3-6-18-7-4-14/h3-4,6-7,15H,5,8-13H2,1-2H3/t15-/m1/s1. The summed E-state index contributed by atoms with van der Waals surface area (Å²) < 4.78 is 11.8. The summed E-state index contributed by atoms with van der Waals surface area (Å²) in [5.74, 6) is 0.0125. The number of pyridine rings is 1. The molecule has 1 spiro atoms. The number of likely N-dealkylation sites (tertiary alicyclic amines) is 1. The molecule has 1 atom stereocenters. The largest absolute Gasteiger partial charge is 0.372 e. The fourth-order valence-corrected chi connectivity index (χ4v) is 3.29. The van der Waals surface area contributed by atoms with Crippen molar-refractivity contribution in [2.24, 2.45) is 0 Å². The summed E-state index contributed by atoms with van der Waals surface area (Å²) in [5, 5.41) is 0. The van der Waals surface area contributed by atoms with Gasteiger partial charge in [0.05, 0.1) is 11.7 Å². The van der Waals surface area contributed by atoms with Gasteiger partial charge in [0, 0.05) is 59.2 Å². The maximum atomic E-state index is 11.6. The van der Waals surface area contributed by atoms with Crippen LogP contribution in [0.5, 0.6) is 0 Å². The molecule has 6 nitrogen and oxygen atoms in total. The van der Waals surface area contributed by atoms with Gasteiger partial charge in [-0.2, -0.15) is 0 Å². The first kappa shape index (κ1) is 16.4. The molecule has 0 unspecified atom stereocenters. The number of ether oxygens (including phenoxy) is 2. The number of rotatable bonds is 5. The minimum absolute atomic E-state index is 0.0125. The number of hydrogen-bond acceptors (Lipinski definition) is 5. The van der Waals surface area contributed by atoms with Crippen LogP contribution in [0.15, 0.2) is 24.5 Å². The summed E-state index contributed by atoms with van der Waals surface area (Å²) in [6, 6.07) is 4.09. The third-order valence-electron chi connectivity index (χ3n) is 4.57. The van der Waals surface area contributed by atoms with Crippen LogP contribution in [-0.2, 0) is 20.8 Å². The lowest BCUT2D eigenvalue weighted by Crippen LogP contribution is -2.65. The molecule has 0 saturated carbocycles. The Morgan fingerprint density at radius 2 is 2.17 bits per heavy atom. The SMILES string of the molecule is CN(C)C(=O)CO[C@@H]1CCOC2(C1)CN(Cc1ccncc1)C2. The number of carbonyl (C=O) groups excluding carboxylic acids is 1. The van der Waals surface area contributed by atoms with Gasteiger partial charge in [0.2, 0.25) is 5.91 Å². The van der Waals surface area contributed by atoms with E-state index >= 15 is 0 Å². The Morgan fingerprint density at radius 3 is 2.87 bits per heavy atom. The Hall–Kier alpha value is -1.50. The normalized spacial score (nSPS) is 23.5. The number of carbonyl (C=O) groups is 1. The first-order valence-electron chi connectivity index (χ1n) is 8.13. The third-order valence-corrected chi connectivity index (χ3v) is 4.57. The first-order chi connectivity index (χ1) is 11.1. The monoisotopic (exact) mass is 319 g/mol. The van der Waals surface area contributed by atoms with E-state index in [1.807, 2.05) is 24.5 Å². The topological polar surface area (TPSA) is 54.9 Å². The van der Waals surface area contributed by atoms with Crippen LogP contribution >= 0.6 is 0 Å². The smallest absolute Gasteiger partial charge is 0.248 e. The number of aromatic nitrogens is 1. The Balaban J connectivity index is 1.45. The fraction of sp³-hybridized carbons (Fsp3) is 0.647. The molecule has 0 bridgehead atoms. The second-order valence-electron chi connectivity index (χ2n) is 6.75. The molecule has 0 radical (unpaired) electrons. The van der Waals surface area contributed by atoms with Gasteiger partial charge in [0.15, 0.2) is 0 Å². The molecule has 23 heavy (non-hydrogen) atoms. The van der Waals surface area contributed by atoms with Gasteiger partial charge in [0.1, 0.15) is 6.61 Å². The lowest BCUT2D eigenvalue weighted by atomic mass is 9.84. The molecule has 1 aromatic rings. The van der Waals surface area contributed by atoms with Gasteiger partial charge >= 0.3 is 0 Å². The summed E-state index contributed by atoms with van der Waals surface area (Å²) >= 11 is 0. The van der Waals surface area contributed by atoms with Crippen LogP contribution in [-0.4, -0.2) is 72.8 Å². The highest BCUT2D eigenvalue weighted by molar-refractivity contribution is 5.76. The number of nitrogens with zero attached hydrogens (tertiary/aromatic N) is 3. The van der Waals surface area contributed by atoms with Crippen LogP contribution < -0.4 is 0 Å². The van der Waals surface area contributed by atoms with Gasteiger partial charge in [-0.25, -0.2) is 0 Å². The van der Waals surface area contributed by atoms with Gasteiger partial charge < -0.3 is 14.4 Å². The third kappa shape index (κ3) is 4.07. The Kier molecular flexibility index (Phi) is 4.94. The van der Waals surface area contributed by atoms with E-state index in [0.717, 1.165) is 32.5 Å². The van der Waals surface area contributed by atoms with Crippen LogP contribution in [0.3, 0.4) is 0 Å². The number of amides is 1. The molecule has 2 aliphatic rings. The molecule has 2 fully saturated rings. The summed E-state index contributed by atoms with van der Waals surface area (Å²) in [6.45, 7) is 3.66. The van der Waals surface area contributed by atoms with E-state index in [1.165, 1.54) is 5.56 Å². The van der Waals surface area contributed by atoms with Crippen LogP contribution in [0.4, 0.5) is 0 Å². The second kappa shape index (κ2) is 6.95. The van der Waals surface area contributed by atoms with Crippen LogP contribution in [0.25, 0.3) is 0 Å². The van der Waals surface area contributed by atoms with E-state index in [1.54, 1.807) is 19.0 Å².